The summed E-state index contributed by atoms with van der Waals surface area (Å²) in [6.45, 7) is 0.860. The van der Waals surface area contributed by atoms with Crippen molar-refractivity contribution >= 4 is 17.8 Å². The SMILES string of the molecule is NC[C@H]1CC[C@@H](C(=O)Nc2ncn(CC(=O)NCc3ccccc3)n2)O1. The molecule has 0 aliphatic carbocycles. The number of anilines is 1. The standard InChI is InChI=1S/C17H22N6O3/c18-8-13-6-7-14(26-13)16(25)21-17-20-11-23(22-17)10-15(24)19-9-12-4-2-1-3-5-12/h1-5,11,13-14H,6-10,18H2,(H,19,24)(H,21,22,25)/t13-,14+/m1/s1. The van der Waals surface area contributed by atoms with Crippen LogP contribution in [0.3, 0.4) is 0 Å². The molecule has 9 heteroatoms. The third-order valence-corrected chi connectivity index (χ3v) is 4.07. The summed E-state index contributed by atoms with van der Waals surface area (Å²) in [5.41, 5.74) is 6.55. The van der Waals surface area contributed by atoms with E-state index in [4.69, 9.17) is 10.5 Å². The molecule has 0 saturated carbocycles. The van der Waals surface area contributed by atoms with Gasteiger partial charge in [0.2, 0.25) is 11.9 Å². The minimum absolute atomic E-state index is 0.0187. The average Bonchev–Trinajstić information content (AvgIpc) is 3.30. The second kappa shape index (κ2) is 8.54. The van der Waals surface area contributed by atoms with E-state index in [2.05, 4.69) is 20.7 Å². The molecule has 0 bridgehead atoms. The topological polar surface area (TPSA) is 124 Å². The van der Waals surface area contributed by atoms with Crippen LogP contribution in [-0.4, -0.2) is 45.3 Å². The number of amides is 2. The van der Waals surface area contributed by atoms with Crippen LogP contribution < -0.4 is 16.4 Å². The third-order valence-electron chi connectivity index (χ3n) is 4.07. The maximum absolute atomic E-state index is 12.1. The van der Waals surface area contributed by atoms with Crippen molar-refractivity contribution in [2.24, 2.45) is 5.73 Å². The van der Waals surface area contributed by atoms with Gasteiger partial charge in [-0.05, 0) is 18.4 Å². The van der Waals surface area contributed by atoms with Crippen LogP contribution in [0.2, 0.25) is 0 Å². The normalized spacial score (nSPS) is 19.3. The Morgan fingerprint density at radius 3 is 2.81 bits per heavy atom. The van der Waals surface area contributed by atoms with Gasteiger partial charge in [-0.25, -0.2) is 9.67 Å². The molecule has 1 saturated heterocycles. The lowest BCUT2D eigenvalue weighted by Gasteiger charge is -2.10. The first kappa shape index (κ1) is 18.0. The van der Waals surface area contributed by atoms with Gasteiger partial charge in [0, 0.05) is 13.1 Å². The van der Waals surface area contributed by atoms with Crippen molar-refractivity contribution in [3.05, 3.63) is 42.2 Å². The van der Waals surface area contributed by atoms with Crippen molar-refractivity contribution in [2.75, 3.05) is 11.9 Å². The van der Waals surface area contributed by atoms with Crippen molar-refractivity contribution in [3.8, 4) is 0 Å². The first-order valence-corrected chi connectivity index (χ1v) is 8.50. The van der Waals surface area contributed by atoms with Crippen molar-refractivity contribution in [3.63, 3.8) is 0 Å². The summed E-state index contributed by atoms with van der Waals surface area (Å²) < 4.78 is 6.90. The summed E-state index contributed by atoms with van der Waals surface area (Å²) in [4.78, 5) is 28.1. The molecule has 2 atom stereocenters. The van der Waals surface area contributed by atoms with Gasteiger partial charge in [0.1, 0.15) is 19.0 Å². The Morgan fingerprint density at radius 1 is 1.27 bits per heavy atom. The maximum Gasteiger partial charge on any atom is 0.255 e. The van der Waals surface area contributed by atoms with Crippen LogP contribution in [0.1, 0.15) is 18.4 Å². The fraction of sp³-hybridized carbons (Fsp3) is 0.412. The van der Waals surface area contributed by atoms with Crippen LogP contribution in [0.5, 0.6) is 0 Å². The highest BCUT2D eigenvalue weighted by molar-refractivity contribution is 5.92. The van der Waals surface area contributed by atoms with Crippen LogP contribution in [0.25, 0.3) is 0 Å². The number of ether oxygens (including phenoxy) is 1. The molecule has 1 aromatic carbocycles. The van der Waals surface area contributed by atoms with E-state index in [-0.39, 0.29) is 30.4 Å². The number of nitrogens with one attached hydrogen (secondary N) is 2. The molecule has 138 valence electrons. The lowest BCUT2D eigenvalue weighted by atomic mass is 10.2. The largest absolute Gasteiger partial charge is 0.364 e. The molecule has 26 heavy (non-hydrogen) atoms. The number of nitrogens with two attached hydrogens (primary N) is 1. The average molecular weight is 358 g/mol. The van der Waals surface area contributed by atoms with Crippen LogP contribution >= 0.6 is 0 Å². The highest BCUT2D eigenvalue weighted by Gasteiger charge is 2.30. The van der Waals surface area contributed by atoms with Gasteiger partial charge in [-0.1, -0.05) is 30.3 Å². The first-order chi connectivity index (χ1) is 12.6. The predicted octanol–water partition coefficient (Wildman–Crippen LogP) is 0.0393. The Kier molecular flexibility index (Phi) is 5.92. The summed E-state index contributed by atoms with van der Waals surface area (Å²) in [5, 5.41) is 9.50. The Hall–Kier alpha value is -2.78. The molecule has 1 aliphatic heterocycles. The van der Waals surface area contributed by atoms with Gasteiger partial charge in [-0.2, -0.15) is 0 Å². The Morgan fingerprint density at radius 2 is 2.08 bits per heavy atom. The lowest BCUT2D eigenvalue weighted by Crippen LogP contribution is -2.30. The van der Waals surface area contributed by atoms with Gasteiger partial charge in [0.25, 0.3) is 5.91 Å². The predicted molar refractivity (Wildman–Crippen MR) is 93.9 cm³/mol. The second-order valence-electron chi connectivity index (χ2n) is 6.08. The molecule has 0 unspecified atom stereocenters. The zero-order chi connectivity index (χ0) is 18.4. The number of aromatic nitrogens is 3. The van der Waals surface area contributed by atoms with E-state index < -0.39 is 6.10 Å². The summed E-state index contributed by atoms with van der Waals surface area (Å²) in [6.07, 6.45) is 2.17. The van der Waals surface area contributed by atoms with E-state index in [1.54, 1.807) is 0 Å². The second-order valence-corrected chi connectivity index (χ2v) is 6.08. The molecular formula is C17H22N6O3. The van der Waals surface area contributed by atoms with E-state index in [0.717, 1.165) is 12.0 Å². The molecule has 1 aromatic heterocycles. The zero-order valence-corrected chi connectivity index (χ0v) is 14.3. The molecule has 2 amide bonds. The Labute approximate surface area is 150 Å². The third kappa shape index (κ3) is 4.87. The minimum atomic E-state index is -0.537. The van der Waals surface area contributed by atoms with E-state index >= 15 is 0 Å². The smallest absolute Gasteiger partial charge is 0.255 e. The highest BCUT2D eigenvalue weighted by atomic mass is 16.5. The molecule has 2 heterocycles. The summed E-state index contributed by atoms with van der Waals surface area (Å²) >= 11 is 0. The maximum atomic E-state index is 12.1. The Balaban J connectivity index is 1.45. The van der Waals surface area contributed by atoms with Gasteiger partial charge in [-0.15, -0.1) is 5.10 Å². The first-order valence-electron chi connectivity index (χ1n) is 8.50. The fourth-order valence-corrected chi connectivity index (χ4v) is 2.69. The number of hydrogen-bond donors (Lipinski definition) is 3. The van der Waals surface area contributed by atoms with Crippen molar-refractivity contribution < 1.29 is 14.3 Å². The molecule has 0 spiro atoms. The van der Waals surface area contributed by atoms with Crippen LogP contribution in [0.15, 0.2) is 36.7 Å². The Bertz CT molecular complexity index is 748. The van der Waals surface area contributed by atoms with Crippen LogP contribution in [-0.2, 0) is 27.4 Å². The lowest BCUT2D eigenvalue weighted by molar-refractivity contribution is -0.126. The number of carbonyl (C=O) groups excluding carboxylic acids is 2. The summed E-state index contributed by atoms with van der Waals surface area (Å²) in [6, 6.07) is 9.62. The van der Waals surface area contributed by atoms with Gasteiger partial charge in [0.15, 0.2) is 0 Å². The molecule has 0 radical (unpaired) electrons. The van der Waals surface area contributed by atoms with E-state index in [1.807, 2.05) is 30.3 Å². The van der Waals surface area contributed by atoms with Gasteiger partial charge >= 0.3 is 0 Å². The van der Waals surface area contributed by atoms with Gasteiger partial charge in [0.05, 0.1) is 6.10 Å². The van der Waals surface area contributed by atoms with Gasteiger partial charge in [-0.3, -0.25) is 14.9 Å². The summed E-state index contributed by atoms with van der Waals surface area (Å²) in [5.74, 6) is -0.348. The van der Waals surface area contributed by atoms with Crippen LogP contribution in [0.4, 0.5) is 5.95 Å². The fourth-order valence-electron chi connectivity index (χ4n) is 2.69. The van der Waals surface area contributed by atoms with Crippen molar-refractivity contribution in [1.29, 1.82) is 0 Å². The number of benzene rings is 1. The highest BCUT2D eigenvalue weighted by Crippen LogP contribution is 2.19. The van der Waals surface area contributed by atoms with Crippen molar-refractivity contribution in [2.45, 2.75) is 38.1 Å². The number of hydrogen-bond acceptors (Lipinski definition) is 6. The van der Waals surface area contributed by atoms with Gasteiger partial charge < -0.3 is 15.8 Å². The quantitative estimate of drug-likeness (QED) is 0.642. The number of carbonyl (C=O) groups is 2. The molecular weight excluding hydrogens is 336 g/mol. The molecule has 3 rings (SSSR count). The van der Waals surface area contributed by atoms with E-state index in [9.17, 15) is 9.59 Å². The van der Waals surface area contributed by atoms with E-state index in [1.165, 1.54) is 11.0 Å². The van der Waals surface area contributed by atoms with E-state index in [0.29, 0.717) is 19.5 Å². The monoisotopic (exact) mass is 358 g/mol. The van der Waals surface area contributed by atoms with Crippen molar-refractivity contribution in [1.82, 2.24) is 20.1 Å². The minimum Gasteiger partial charge on any atom is -0.364 e. The number of rotatable bonds is 7. The molecule has 1 fully saturated rings. The van der Waals surface area contributed by atoms with Crippen LogP contribution in [0, 0.1) is 0 Å². The molecule has 1 aliphatic rings. The molecule has 2 aromatic rings. The molecule has 4 N–H and O–H groups in total. The molecule has 9 nitrogen and oxygen atoms in total. The number of nitrogens with zero attached hydrogens (tertiary/aromatic N) is 3. The summed E-state index contributed by atoms with van der Waals surface area (Å²) in [7, 11) is 0. The zero-order valence-electron chi connectivity index (χ0n) is 14.3.